The number of amides is 1. The van der Waals surface area contributed by atoms with Gasteiger partial charge in [0.1, 0.15) is 10.7 Å². The number of anilines is 1. The molecule has 2 aromatic heterocycles. The lowest BCUT2D eigenvalue weighted by Crippen LogP contribution is -2.17. The Labute approximate surface area is 139 Å². The van der Waals surface area contributed by atoms with Gasteiger partial charge in [0.15, 0.2) is 0 Å². The average molecular weight is 328 g/mol. The van der Waals surface area contributed by atoms with E-state index in [1.54, 1.807) is 0 Å². The maximum absolute atomic E-state index is 12.8. The van der Waals surface area contributed by atoms with Crippen LogP contribution in [0.25, 0.3) is 10.9 Å². The van der Waals surface area contributed by atoms with Crippen LogP contribution in [-0.4, -0.2) is 20.7 Å². The van der Waals surface area contributed by atoms with Crippen LogP contribution in [0.4, 0.5) is 5.13 Å². The van der Waals surface area contributed by atoms with Gasteiger partial charge in [-0.05, 0) is 50.5 Å². The number of hydrogen-bond acceptors (Lipinski definition) is 4. The number of hydrogen-bond donors (Lipinski definition) is 1. The average Bonchev–Trinajstić information content (AvgIpc) is 3.07. The van der Waals surface area contributed by atoms with Crippen molar-refractivity contribution in [3.8, 4) is 0 Å². The standard InChI is InChI=1S/C17H20N4OS/c1-5-12-7-8-14-13(9-12)10(3)15(21(14)6-2)16(22)18-17-20-19-11(4)23-17/h7-9H,5-6H2,1-4H3,(H,18,20,22). The quantitative estimate of drug-likeness (QED) is 0.789. The van der Waals surface area contributed by atoms with Crippen molar-refractivity contribution in [1.82, 2.24) is 14.8 Å². The molecule has 2 heterocycles. The molecule has 1 aromatic carbocycles. The summed E-state index contributed by atoms with van der Waals surface area (Å²) in [5.74, 6) is -0.130. The summed E-state index contributed by atoms with van der Waals surface area (Å²) in [6.07, 6.45) is 0.984. The number of benzene rings is 1. The topological polar surface area (TPSA) is 59.8 Å². The first-order valence-electron chi connectivity index (χ1n) is 7.78. The maximum atomic E-state index is 12.8. The lowest BCUT2D eigenvalue weighted by molar-refractivity contribution is 0.101. The molecule has 3 rings (SSSR count). The van der Waals surface area contributed by atoms with E-state index in [9.17, 15) is 4.79 Å². The number of fused-ring (bicyclic) bond motifs is 1. The van der Waals surface area contributed by atoms with E-state index in [-0.39, 0.29) is 5.91 Å². The minimum atomic E-state index is -0.130. The van der Waals surface area contributed by atoms with E-state index >= 15 is 0 Å². The number of nitrogens with one attached hydrogen (secondary N) is 1. The number of rotatable bonds is 4. The van der Waals surface area contributed by atoms with Crippen molar-refractivity contribution in [1.29, 1.82) is 0 Å². The van der Waals surface area contributed by atoms with Gasteiger partial charge >= 0.3 is 0 Å². The Morgan fingerprint density at radius 3 is 2.65 bits per heavy atom. The fraction of sp³-hybridized carbons (Fsp3) is 0.353. The van der Waals surface area contributed by atoms with Gasteiger partial charge in [0.25, 0.3) is 5.91 Å². The van der Waals surface area contributed by atoms with Crippen LogP contribution in [0.1, 0.15) is 40.5 Å². The molecule has 5 nitrogen and oxygen atoms in total. The molecule has 0 aliphatic heterocycles. The molecule has 1 N–H and O–H groups in total. The summed E-state index contributed by atoms with van der Waals surface area (Å²) in [6, 6.07) is 6.42. The first kappa shape index (κ1) is 15.7. The fourth-order valence-electron chi connectivity index (χ4n) is 2.91. The van der Waals surface area contributed by atoms with E-state index in [0.717, 1.165) is 34.4 Å². The van der Waals surface area contributed by atoms with Crippen LogP contribution in [0.3, 0.4) is 0 Å². The molecule has 0 aliphatic rings. The predicted octanol–water partition coefficient (Wildman–Crippen LogP) is 3.94. The van der Waals surface area contributed by atoms with Crippen molar-refractivity contribution in [2.75, 3.05) is 5.32 Å². The number of aryl methyl sites for hydroxylation is 4. The van der Waals surface area contributed by atoms with Crippen molar-refractivity contribution in [2.45, 2.75) is 40.7 Å². The van der Waals surface area contributed by atoms with Gasteiger partial charge in [0.05, 0.1) is 0 Å². The van der Waals surface area contributed by atoms with Crippen LogP contribution in [-0.2, 0) is 13.0 Å². The maximum Gasteiger partial charge on any atom is 0.274 e. The zero-order valence-corrected chi connectivity index (χ0v) is 14.6. The molecule has 0 saturated heterocycles. The second-order valence-corrected chi connectivity index (χ2v) is 6.68. The zero-order chi connectivity index (χ0) is 16.6. The lowest BCUT2D eigenvalue weighted by Gasteiger charge is -2.08. The highest BCUT2D eigenvalue weighted by Gasteiger charge is 2.20. The van der Waals surface area contributed by atoms with Crippen LogP contribution in [0.2, 0.25) is 0 Å². The van der Waals surface area contributed by atoms with E-state index in [4.69, 9.17) is 0 Å². The normalized spacial score (nSPS) is 11.1. The van der Waals surface area contributed by atoms with Crippen molar-refractivity contribution >= 4 is 33.3 Å². The van der Waals surface area contributed by atoms with Crippen molar-refractivity contribution in [2.24, 2.45) is 0 Å². The lowest BCUT2D eigenvalue weighted by atomic mass is 10.1. The summed E-state index contributed by atoms with van der Waals surface area (Å²) < 4.78 is 2.06. The van der Waals surface area contributed by atoms with Crippen molar-refractivity contribution < 1.29 is 4.79 Å². The fourth-order valence-corrected chi connectivity index (χ4v) is 3.50. The minimum Gasteiger partial charge on any atom is -0.337 e. The second kappa shape index (κ2) is 6.12. The monoisotopic (exact) mass is 328 g/mol. The molecule has 0 radical (unpaired) electrons. The number of carbonyl (C=O) groups excluding carboxylic acids is 1. The van der Waals surface area contributed by atoms with Gasteiger partial charge in [0.2, 0.25) is 5.13 Å². The summed E-state index contributed by atoms with van der Waals surface area (Å²) in [5, 5.41) is 13.3. The Balaban J connectivity index is 2.08. The largest absolute Gasteiger partial charge is 0.337 e. The molecule has 0 atom stereocenters. The van der Waals surface area contributed by atoms with Crippen LogP contribution in [0.5, 0.6) is 0 Å². The van der Waals surface area contributed by atoms with Crippen LogP contribution < -0.4 is 5.32 Å². The van der Waals surface area contributed by atoms with Crippen molar-refractivity contribution in [3.63, 3.8) is 0 Å². The third-order valence-corrected chi connectivity index (χ3v) is 4.82. The molecule has 120 valence electrons. The number of aromatic nitrogens is 3. The first-order valence-corrected chi connectivity index (χ1v) is 8.60. The molecule has 6 heteroatoms. The highest BCUT2D eigenvalue weighted by molar-refractivity contribution is 7.15. The second-order valence-electron chi connectivity index (χ2n) is 5.50. The molecule has 0 bridgehead atoms. The Morgan fingerprint density at radius 2 is 2.04 bits per heavy atom. The minimum absolute atomic E-state index is 0.130. The molecule has 0 aliphatic carbocycles. The number of carbonyl (C=O) groups is 1. The molecular weight excluding hydrogens is 308 g/mol. The SMILES string of the molecule is CCc1ccc2c(c1)c(C)c(C(=O)Nc1nnc(C)s1)n2CC. The van der Waals surface area contributed by atoms with Gasteiger partial charge in [-0.3, -0.25) is 10.1 Å². The molecule has 0 saturated carbocycles. The molecule has 3 aromatic rings. The smallest absolute Gasteiger partial charge is 0.274 e. The van der Waals surface area contributed by atoms with Gasteiger partial charge < -0.3 is 4.57 Å². The Hall–Kier alpha value is -2.21. The Morgan fingerprint density at radius 1 is 1.26 bits per heavy atom. The first-order chi connectivity index (χ1) is 11.0. The zero-order valence-electron chi connectivity index (χ0n) is 13.8. The van der Waals surface area contributed by atoms with E-state index in [1.165, 1.54) is 16.9 Å². The summed E-state index contributed by atoms with van der Waals surface area (Å²) in [7, 11) is 0. The van der Waals surface area contributed by atoms with Crippen LogP contribution in [0.15, 0.2) is 18.2 Å². The predicted molar refractivity (Wildman–Crippen MR) is 94.3 cm³/mol. The Bertz CT molecular complexity index is 878. The molecule has 0 spiro atoms. The van der Waals surface area contributed by atoms with E-state index in [1.807, 2.05) is 13.8 Å². The van der Waals surface area contributed by atoms with E-state index in [2.05, 4.69) is 52.1 Å². The third kappa shape index (κ3) is 2.74. The Kier molecular flexibility index (Phi) is 4.17. The number of nitrogens with zero attached hydrogens (tertiary/aromatic N) is 3. The summed E-state index contributed by atoms with van der Waals surface area (Å²) in [6.45, 7) is 8.81. The van der Waals surface area contributed by atoms with Gasteiger partial charge in [-0.2, -0.15) is 0 Å². The molecular formula is C17H20N4OS. The van der Waals surface area contributed by atoms with Gasteiger partial charge in [-0.25, -0.2) is 0 Å². The van der Waals surface area contributed by atoms with Crippen LogP contribution in [0, 0.1) is 13.8 Å². The third-order valence-electron chi connectivity index (χ3n) is 4.07. The highest BCUT2D eigenvalue weighted by atomic mass is 32.1. The molecule has 0 fully saturated rings. The van der Waals surface area contributed by atoms with Crippen LogP contribution >= 0.6 is 11.3 Å². The van der Waals surface area contributed by atoms with Crippen molar-refractivity contribution in [3.05, 3.63) is 40.0 Å². The highest BCUT2D eigenvalue weighted by Crippen LogP contribution is 2.28. The molecule has 0 unspecified atom stereocenters. The molecule has 23 heavy (non-hydrogen) atoms. The summed E-state index contributed by atoms with van der Waals surface area (Å²) in [4.78, 5) is 12.8. The van der Waals surface area contributed by atoms with E-state index in [0.29, 0.717) is 10.8 Å². The molecule has 1 amide bonds. The summed E-state index contributed by atoms with van der Waals surface area (Å²) in [5.41, 5.74) is 4.08. The van der Waals surface area contributed by atoms with E-state index < -0.39 is 0 Å². The van der Waals surface area contributed by atoms with Gasteiger partial charge in [-0.15, -0.1) is 10.2 Å². The summed E-state index contributed by atoms with van der Waals surface area (Å²) >= 11 is 1.38. The van der Waals surface area contributed by atoms with Gasteiger partial charge in [0, 0.05) is 17.4 Å². The van der Waals surface area contributed by atoms with Gasteiger partial charge in [-0.1, -0.05) is 24.3 Å².